The van der Waals surface area contributed by atoms with E-state index in [1.165, 1.54) is 0 Å². The molecule has 3 nitrogen and oxygen atoms in total. The lowest BCUT2D eigenvalue weighted by molar-refractivity contribution is 0.130. The summed E-state index contributed by atoms with van der Waals surface area (Å²) in [5, 5.41) is 10.2. The van der Waals surface area contributed by atoms with Crippen LogP contribution in [0.2, 0.25) is 5.02 Å². The number of methoxy groups -OCH3 is 1. The highest BCUT2D eigenvalue weighted by Gasteiger charge is 2.12. The topological polar surface area (TPSA) is 38.7 Å². The predicted molar refractivity (Wildman–Crippen MR) is 68.7 cm³/mol. The number of hydrogen-bond donors (Lipinski definition) is 1. The zero-order valence-electron chi connectivity index (χ0n) is 10.4. The molecule has 2 atom stereocenters. The van der Waals surface area contributed by atoms with Crippen LogP contribution < -0.4 is 4.74 Å². The zero-order chi connectivity index (χ0) is 12.8. The van der Waals surface area contributed by atoms with Crippen LogP contribution in [0, 0.1) is 0 Å². The molecule has 1 aromatic rings. The highest BCUT2D eigenvalue weighted by atomic mass is 35.5. The number of aliphatic hydroxyl groups excluding tert-OH is 1. The SMILES string of the molecule is COCCC(C)Oc1ccc(Cl)cc1[C@H](C)O. The van der Waals surface area contributed by atoms with Crippen molar-refractivity contribution in [2.24, 2.45) is 0 Å². The Balaban J connectivity index is 2.76. The normalized spacial score (nSPS) is 14.4. The molecule has 0 fully saturated rings. The highest BCUT2D eigenvalue weighted by molar-refractivity contribution is 6.30. The van der Waals surface area contributed by atoms with E-state index in [0.29, 0.717) is 22.9 Å². The molecule has 0 radical (unpaired) electrons. The quantitative estimate of drug-likeness (QED) is 0.852. The van der Waals surface area contributed by atoms with Gasteiger partial charge in [-0.15, -0.1) is 0 Å². The molecule has 0 aromatic heterocycles. The Kier molecular flexibility index (Phi) is 5.75. The Labute approximate surface area is 107 Å². The van der Waals surface area contributed by atoms with E-state index in [0.717, 1.165) is 6.42 Å². The van der Waals surface area contributed by atoms with E-state index in [1.54, 1.807) is 32.2 Å². The van der Waals surface area contributed by atoms with Crippen molar-refractivity contribution >= 4 is 11.6 Å². The molecule has 17 heavy (non-hydrogen) atoms. The summed E-state index contributed by atoms with van der Waals surface area (Å²) in [5.41, 5.74) is 0.710. The van der Waals surface area contributed by atoms with Gasteiger partial charge >= 0.3 is 0 Å². The average Bonchev–Trinajstić information content (AvgIpc) is 2.28. The predicted octanol–water partition coefficient (Wildman–Crippen LogP) is 3.20. The Morgan fingerprint density at radius 1 is 1.35 bits per heavy atom. The van der Waals surface area contributed by atoms with Crippen LogP contribution in [-0.4, -0.2) is 24.9 Å². The standard InChI is InChI=1S/C13H19ClO3/c1-9(6-7-16-3)17-13-5-4-11(14)8-12(13)10(2)15/h4-5,8-10,15H,6-7H2,1-3H3/t9?,10-/m0/s1. The molecule has 96 valence electrons. The zero-order valence-corrected chi connectivity index (χ0v) is 11.2. The molecule has 0 aliphatic rings. The van der Waals surface area contributed by atoms with Crippen molar-refractivity contribution in [3.8, 4) is 5.75 Å². The molecule has 1 aromatic carbocycles. The first-order valence-electron chi connectivity index (χ1n) is 5.67. The van der Waals surface area contributed by atoms with Crippen molar-refractivity contribution in [3.05, 3.63) is 28.8 Å². The molecule has 0 spiro atoms. The molecule has 0 amide bonds. The fourth-order valence-electron chi connectivity index (χ4n) is 1.51. The van der Waals surface area contributed by atoms with Gasteiger partial charge in [0.2, 0.25) is 0 Å². The summed E-state index contributed by atoms with van der Waals surface area (Å²) in [6.45, 7) is 4.32. The third-order valence-corrected chi connectivity index (χ3v) is 2.71. The molecule has 0 saturated heterocycles. The van der Waals surface area contributed by atoms with Gasteiger partial charge in [0.25, 0.3) is 0 Å². The fraction of sp³-hybridized carbons (Fsp3) is 0.538. The minimum Gasteiger partial charge on any atom is -0.490 e. The van der Waals surface area contributed by atoms with Crippen molar-refractivity contribution in [1.82, 2.24) is 0 Å². The molecule has 0 aliphatic carbocycles. The molecule has 1 rings (SSSR count). The number of benzene rings is 1. The van der Waals surface area contributed by atoms with Crippen LogP contribution in [0.5, 0.6) is 5.75 Å². The van der Waals surface area contributed by atoms with Crippen LogP contribution in [0.25, 0.3) is 0 Å². The molecule has 0 saturated carbocycles. The van der Waals surface area contributed by atoms with Crippen LogP contribution in [0.15, 0.2) is 18.2 Å². The van der Waals surface area contributed by atoms with E-state index in [2.05, 4.69) is 0 Å². The second-order valence-corrected chi connectivity index (χ2v) is 4.50. The summed E-state index contributed by atoms with van der Waals surface area (Å²) in [5.74, 6) is 0.674. The molecule has 0 aliphatic heterocycles. The van der Waals surface area contributed by atoms with E-state index in [9.17, 15) is 5.11 Å². The Morgan fingerprint density at radius 2 is 2.06 bits per heavy atom. The first-order chi connectivity index (χ1) is 8.04. The lowest BCUT2D eigenvalue weighted by Gasteiger charge is -2.18. The summed E-state index contributed by atoms with van der Waals surface area (Å²) >= 11 is 5.89. The van der Waals surface area contributed by atoms with E-state index in [4.69, 9.17) is 21.1 Å². The van der Waals surface area contributed by atoms with Crippen LogP contribution in [0.4, 0.5) is 0 Å². The van der Waals surface area contributed by atoms with E-state index >= 15 is 0 Å². The number of hydrogen-bond acceptors (Lipinski definition) is 3. The maximum Gasteiger partial charge on any atom is 0.125 e. The van der Waals surface area contributed by atoms with Gasteiger partial charge in [0.15, 0.2) is 0 Å². The van der Waals surface area contributed by atoms with Gasteiger partial charge in [-0.1, -0.05) is 11.6 Å². The van der Waals surface area contributed by atoms with Gasteiger partial charge in [-0.05, 0) is 32.0 Å². The Hall–Kier alpha value is -0.770. The number of rotatable bonds is 6. The third-order valence-electron chi connectivity index (χ3n) is 2.48. The summed E-state index contributed by atoms with van der Waals surface area (Å²) in [6.07, 6.45) is 0.241. The van der Waals surface area contributed by atoms with Crippen LogP contribution in [0.1, 0.15) is 31.9 Å². The Morgan fingerprint density at radius 3 is 2.65 bits per heavy atom. The lowest BCUT2D eigenvalue weighted by Crippen LogP contribution is -2.15. The van der Waals surface area contributed by atoms with Gasteiger partial charge in [0.05, 0.1) is 12.2 Å². The second-order valence-electron chi connectivity index (χ2n) is 4.07. The van der Waals surface area contributed by atoms with Gasteiger partial charge in [-0.3, -0.25) is 0 Å². The van der Waals surface area contributed by atoms with Gasteiger partial charge in [-0.25, -0.2) is 0 Å². The molecule has 0 heterocycles. The summed E-state index contributed by atoms with van der Waals surface area (Å²) < 4.78 is 10.8. The largest absolute Gasteiger partial charge is 0.490 e. The van der Waals surface area contributed by atoms with E-state index in [-0.39, 0.29) is 6.10 Å². The van der Waals surface area contributed by atoms with E-state index < -0.39 is 6.10 Å². The second kappa shape index (κ2) is 6.84. The van der Waals surface area contributed by atoms with Crippen molar-refractivity contribution in [3.63, 3.8) is 0 Å². The fourth-order valence-corrected chi connectivity index (χ4v) is 1.69. The Bertz CT molecular complexity index is 353. The van der Waals surface area contributed by atoms with Crippen molar-refractivity contribution in [2.75, 3.05) is 13.7 Å². The summed E-state index contributed by atoms with van der Waals surface area (Å²) in [6, 6.07) is 5.27. The van der Waals surface area contributed by atoms with Crippen molar-refractivity contribution < 1.29 is 14.6 Å². The van der Waals surface area contributed by atoms with Gasteiger partial charge < -0.3 is 14.6 Å². The summed E-state index contributed by atoms with van der Waals surface area (Å²) in [4.78, 5) is 0. The molecular formula is C13H19ClO3. The van der Waals surface area contributed by atoms with Gasteiger partial charge in [-0.2, -0.15) is 0 Å². The number of aliphatic hydroxyl groups is 1. The van der Waals surface area contributed by atoms with Crippen LogP contribution in [-0.2, 0) is 4.74 Å². The highest BCUT2D eigenvalue weighted by Crippen LogP contribution is 2.29. The maximum atomic E-state index is 9.65. The molecular weight excluding hydrogens is 240 g/mol. The van der Waals surface area contributed by atoms with Crippen LogP contribution in [0.3, 0.4) is 0 Å². The average molecular weight is 259 g/mol. The first kappa shape index (κ1) is 14.3. The van der Waals surface area contributed by atoms with Gasteiger partial charge in [0, 0.05) is 30.7 Å². The molecule has 1 unspecified atom stereocenters. The number of ether oxygens (including phenoxy) is 2. The monoisotopic (exact) mass is 258 g/mol. The summed E-state index contributed by atoms with van der Waals surface area (Å²) in [7, 11) is 1.66. The van der Waals surface area contributed by atoms with Crippen molar-refractivity contribution in [2.45, 2.75) is 32.5 Å². The van der Waals surface area contributed by atoms with E-state index in [1.807, 2.05) is 6.92 Å². The van der Waals surface area contributed by atoms with Gasteiger partial charge in [0.1, 0.15) is 5.75 Å². The minimum absolute atomic E-state index is 0.0358. The maximum absolute atomic E-state index is 9.65. The lowest BCUT2D eigenvalue weighted by atomic mass is 10.1. The smallest absolute Gasteiger partial charge is 0.125 e. The molecule has 0 bridgehead atoms. The number of halogens is 1. The van der Waals surface area contributed by atoms with Crippen molar-refractivity contribution in [1.29, 1.82) is 0 Å². The molecule has 4 heteroatoms. The first-order valence-corrected chi connectivity index (χ1v) is 6.05. The third kappa shape index (κ3) is 4.54. The van der Waals surface area contributed by atoms with Crippen LogP contribution >= 0.6 is 11.6 Å². The minimum atomic E-state index is -0.599. The molecule has 1 N–H and O–H groups in total.